The fourth-order valence-electron chi connectivity index (χ4n) is 1.81. The van der Waals surface area contributed by atoms with E-state index >= 15 is 0 Å². The Balaban J connectivity index is 2.45. The molecule has 1 rings (SSSR count). The lowest BCUT2D eigenvalue weighted by Gasteiger charge is -2.24. The third-order valence-corrected chi connectivity index (χ3v) is 2.75. The van der Waals surface area contributed by atoms with Gasteiger partial charge in [-0.25, -0.2) is 0 Å². The molecule has 0 saturated carbocycles. The van der Waals surface area contributed by atoms with Crippen molar-refractivity contribution in [1.82, 2.24) is 5.32 Å². The average molecular weight is 223 g/mol. The molecule has 0 spiro atoms. The third kappa shape index (κ3) is 3.93. The molecule has 16 heavy (non-hydrogen) atoms. The molecule has 3 nitrogen and oxygen atoms in total. The summed E-state index contributed by atoms with van der Waals surface area (Å²) in [5.74, 6) is 0. The molecular weight excluding hydrogens is 202 g/mol. The number of hydrogen-bond acceptors (Lipinski definition) is 3. The zero-order valence-electron chi connectivity index (χ0n) is 10.3. The van der Waals surface area contributed by atoms with Gasteiger partial charge in [0.25, 0.3) is 0 Å². The minimum Gasteiger partial charge on any atom is -0.354 e. The van der Waals surface area contributed by atoms with Gasteiger partial charge in [0.2, 0.25) is 0 Å². The van der Waals surface area contributed by atoms with E-state index in [1.165, 1.54) is 5.56 Å². The second-order valence-corrected chi connectivity index (χ2v) is 3.76. The molecule has 0 amide bonds. The van der Waals surface area contributed by atoms with Gasteiger partial charge < -0.3 is 14.8 Å². The van der Waals surface area contributed by atoms with Crippen LogP contribution in [0.15, 0.2) is 30.3 Å². The minimum atomic E-state index is -0.186. The van der Waals surface area contributed by atoms with E-state index in [1.54, 1.807) is 14.2 Å². The van der Waals surface area contributed by atoms with Crippen LogP contribution in [0.25, 0.3) is 0 Å². The number of aryl methyl sites for hydroxylation is 1. The second kappa shape index (κ2) is 7.39. The molecule has 1 atom stereocenters. The molecule has 1 aromatic carbocycles. The number of hydrogen-bond donors (Lipinski definition) is 1. The van der Waals surface area contributed by atoms with E-state index in [0.29, 0.717) is 0 Å². The zero-order valence-corrected chi connectivity index (χ0v) is 10.3. The molecule has 0 radical (unpaired) electrons. The van der Waals surface area contributed by atoms with Crippen molar-refractivity contribution in [2.24, 2.45) is 0 Å². The van der Waals surface area contributed by atoms with Gasteiger partial charge in [0.1, 0.15) is 0 Å². The number of benzene rings is 1. The van der Waals surface area contributed by atoms with Crippen LogP contribution in [0, 0.1) is 0 Å². The van der Waals surface area contributed by atoms with E-state index in [1.807, 2.05) is 13.1 Å². The van der Waals surface area contributed by atoms with Crippen molar-refractivity contribution < 1.29 is 9.47 Å². The molecule has 1 N–H and O–H groups in total. The summed E-state index contributed by atoms with van der Waals surface area (Å²) in [5.41, 5.74) is 1.34. The van der Waals surface area contributed by atoms with Gasteiger partial charge in [0, 0.05) is 14.2 Å². The molecule has 0 fully saturated rings. The molecular formula is C13H21NO2. The number of nitrogens with one attached hydrogen (secondary N) is 1. The molecule has 1 aromatic rings. The van der Waals surface area contributed by atoms with Gasteiger partial charge in [-0.1, -0.05) is 30.3 Å². The maximum atomic E-state index is 5.26. The Hall–Kier alpha value is -0.900. The fraction of sp³-hybridized carbons (Fsp3) is 0.538. The maximum absolute atomic E-state index is 5.26. The first-order chi connectivity index (χ1) is 7.81. The van der Waals surface area contributed by atoms with Crippen molar-refractivity contribution in [1.29, 1.82) is 0 Å². The van der Waals surface area contributed by atoms with Gasteiger partial charge in [0.15, 0.2) is 6.29 Å². The highest BCUT2D eigenvalue weighted by Crippen LogP contribution is 2.09. The summed E-state index contributed by atoms with van der Waals surface area (Å²) in [6.45, 7) is 0. The number of ether oxygens (including phenoxy) is 2. The van der Waals surface area contributed by atoms with E-state index in [-0.39, 0.29) is 12.3 Å². The Morgan fingerprint density at radius 1 is 1.12 bits per heavy atom. The highest BCUT2D eigenvalue weighted by atomic mass is 16.7. The molecule has 0 aromatic heterocycles. The molecule has 0 bridgehead atoms. The smallest absolute Gasteiger partial charge is 0.171 e. The van der Waals surface area contributed by atoms with E-state index in [4.69, 9.17) is 9.47 Å². The first kappa shape index (κ1) is 13.2. The Bertz CT molecular complexity index is 273. The van der Waals surface area contributed by atoms with Crippen molar-refractivity contribution in [3.05, 3.63) is 35.9 Å². The monoisotopic (exact) mass is 223 g/mol. The molecule has 0 aliphatic rings. The largest absolute Gasteiger partial charge is 0.354 e. The summed E-state index contributed by atoms with van der Waals surface area (Å²) < 4.78 is 10.5. The molecule has 0 heterocycles. The molecule has 0 saturated heterocycles. The highest BCUT2D eigenvalue weighted by molar-refractivity contribution is 5.14. The highest BCUT2D eigenvalue weighted by Gasteiger charge is 2.18. The van der Waals surface area contributed by atoms with E-state index in [2.05, 4.69) is 29.6 Å². The molecule has 90 valence electrons. The molecule has 1 unspecified atom stereocenters. The standard InChI is InChI=1S/C13H21NO2/c1-14-12(13(15-2)16-3)10-9-11-7-5-4-6-8-11/h4-8,12-14H,9-10H2,1-3H3. The van der Waals surface area contributed by atoms with Crippen LogP contribution in [0.5, 0.6) is 0 Å². The average Bonchev–Trinajstić information content (AvgIpc) is 2.35. The van der Waals surface area contributed by atoms with E-state index in [9.17, 15) is 0 Å². The summed E-state index contributed by atoms with van der Waals surface area (Å²) in [4.78, 5) is 0. The maximum Gasteiger partial charge on any atom is 0.171 e. The van der Waals surface area contributed by atoms with Crippen LogP contribution in [0.4, 0.5) is 0 Å². The van der Waals surface area contributed by atoms with Crippen molar-refractivity contribution >= 4 is 0 Å². The number of methoxy groups -OCH3 is 2. The minimum absolute atomic E-state index is 0.186. The van der Waals surface area contributed by atoms with Gasteiger partial charge in [-0.2, -0.15) is 0 Å². The summed E-state index contributed by atoms with van der Waals surface area (Å²) in [7, 11) is 5.27. The van der Waals surface area contributed by atoms with Crippen LogP contribution < -0.4 is 5.32 Å². The van der Waals surface area contributed by atoms with E-state index < -0.39 is 0 Å². The third-order valence-electron chi connectivity index (χ3n) is 2.75. The van der Waals surface area contributed by atoms with Crippen LogP contribution in [0.1, 0.15) is 12.0 Å². The van der Waals surface area contributed by atoms with Crippen molar-refractivity contribution in [3.63, 3.8) is 0 Å². The van der Waals surface area contributed by atoms with Gasteiger partial charge in [-0.15, -0.1) is 0 Å². The SMILES string of the molecule is CNC(CCc1ccccc1)C(OC)OC. The lowest BCUT2D eigenvalue weighted by Crippen LogP contribution is -2.40. The van der Waals surface area contributed by atoms with E-state index in [0.717, 1.165) is 12.8 Å². The molecule has 0 aliphatic carbocycles. The summed E-state index contributed by atoms with van der Waals surface area (Å²) >= 11 is 0. The van der Waals surface area contributed by atoms with Gasteiger partial charge in [-0.05, 0) is 25.5 Å². The number of likely N-dealkylation sites (N-methyl/N-ethyl adjacent to an activating group) is 1. The normalized spacial score (nSPS) is 13.0. The molecule has 0 aliphatic heterocycles. The Kier molecular flexibility index (Phi) is 6.08. The lowest BCUT2D eigenvalue weighted by molar-refractivity contribution is -0.122. The first-order valence-electron chi connectivity index (χ1n) is 5.58. The topological polar surface area (TPSA) is 30.5 Å². The zero-order chi connectivity index (χ0) is 11.8. The predicted molar refractivity (Wildman–Crippen MR) is 65.4 cm³/mol. The van der Waals surface area contributed by atoms with Crippen molar-refractivity contribution in [2.45, 2.75) is 25.2 Å². The fourth-order valence-corrected chi connectivity index (χ4v) is 1.81. The Labute approximate surface area is 97.8 Å². The predicted octanol–water partition coefficient (Wildman–Crippen LogP) is 1.83. The van der Waals surface area contributed by atoms with Gasteiger partial charge in [-0.3, -0.25) is 0 Å². The van der Waals surface area contributed by atoms with Crippen LogP contribution in [0.3, 0.4) is 0 Å². The Morgan fingerprint density at radius 3 is 2.25 bits per heavy atom. The number of rotatable bonds is 7. The van der Waals surface area contributed by atoms with Crippen molar-refractivity contribution in [3.8, 4) is 0 Å². The summed E-state index contributed by atoms with van der Waals surface area (Å²) in [5, 5.41) is 3.22. The first-order valence-corrected chi connectivity index (χ1v) is 5.58. The van der Waals surface area contributed by atoms with Crippen LogP contribution in [-0.4, -0.2) is 33.6 Å². The van der Waals surface area contributed by atoms with Crippen LogP contribution >= 0.6 is 0 Å². The van der Waals surface area contributed by atoms with Crippen molar-refractivity contribution in [2.75, 3.05) is 21.3 Å². The lowest BCUT2D eigenvalue weighted by atomic mass is 10.1. The molecule has 3 heteroatoms. The summed E-state index contributed by atoms with van der Waals surface area (Å²) in [6.07, 6.45) is 1.83. The Morgan fingerprint density at radius 2 is 1.75 bits per heavy atom. The quantitative estimate of drug-likeness (QED) is 0.715. The summed E-state index contributed by atoms with van der Waals surface area (Å²) in [6, 6.07) is 10.7. The van der Waals surface area contributed by atoms with Crippen LogP contribution in [-0.2, 0) is 15.9 Å². The van der Waals surface area contributed by atoms with Crippen LogP contribution in [0.2, 0.25) is 0 Å². The second-order valence-electron chi connectivity index (χ2n) is 3.76. The van der Waals surface area contributed by atoms with Gasteiger partial charge in [0.05, 0.1) is 6.04 Å². The van der Waals surface area contributed by atoms with Gasteiger partial charge >= 0.3 is 0 Å².